The molecule has 0 bridgehead atoms. The van der Waals surface area contributed by atoms with Gasteiger partial charge in [0.15, 0.2) is 5.16 Å². The van der Waals surface area contributed by atoms with E-state index in [9.17, 15) is 9.59 Å². The fourth-order valence-corrected chi connectivity index (χ4v) is 3.92. The van der Waals surface area contributed by atoms with E-state index in [2.05, 4.69) is 25.8 Å². The summed E-state index contributed by atoms with van der Waals surface area (Å²) in [5, 5.41) is 14.9. The van der Waals surface area contributed by atoms with Crippen molar-refractivity contribution in [2.24, 2.45) is 0 Å². The largest absolute Gasteiger partial charge is 0.326 e. The second-order valence-corrected chi connectivity index (χ2v) is 8.15. The highest BCUT2D eigenvalue weighted by atomic mass is 32.2. The van der Waals surface area contributed by atoms with Crippen LogP contribution in [0.4, 0.5) is 11.4 Å². The Bertz CT molecular complexity index is 1250. The van der Waals surface area contributed by atoms with Crippen LogP contribution in [-0.2, 0) is 9.59 Å². The number of hydrogen-bond acceptors (Lipinski definition) is 6. The van der Waals surface area contributed by atoms with Gasteiger partial charge < -0.3 is 10.6 Å². The van der Waals surface area contributed by atoms with Crippen molar-refractivity contribution in [3.63, 3.8) is 0 Å². The van der Waals surface area contributed by atoms with Crippen molar-refractivity contribution in [2.75, 3.05) is 10.6 Å². The fourth-order valence-electron chi connectivity index (χ4n) is 3.08. The van der Waals surface area contributed by atoms with Crippen molar-refractivity contribution in [3.8, 4) is 5.69 Å². The average molecular weight is 433 g/mol. The van der Waals surface area contributed by atoms with Crippen molar-refractivity contribution < 1.29 is 9.59 Å². The fraction of sp³-hybridized carbons (Fsp3) is 0.136. The number of thioether (sulfide) groups is 1. The summed E-state index contributed by atoms with van der Waals surface area (Å²) in [5.41, 5.74) is 2.99. The molecule has 0 aliphatic rings. The maximum atomic E-state index is 12.8. The van der Waals surface area contributed by atoms with Gasteiger partial charge in [-0.25, -0.2) is 0 Å². The Morgan fingerprint density at radius 3 is 2.74 bits per heavy atom. The number of aromatic nitrogens is 4. The minimum atomic E-state index is -0.423. The molecule has 4 rings (SSSR count). The van der Waals surface area contributed by atoms with Gasteiger partial charge in [-0.3, -0.25) is 19.1 Å². The Balaban J connectivity index is 1.51. The predicted molar refractivity (Wildman–Crippen MR) is 121 cm³/mol. The maximum Gasteiger partial charge on any atom is 0.237 e. The van der Waals surface area contributed by atoms with Crippen LogP contribution in [0.2, 0.25) is 0 Å². The molecule has 1 atom stereocenters. The molecule has 0 saturated carbocycles. The van der Waals surface area contributed by atoms with E-state index in [1.54, 1.807) is 23.2 Å². The highest BCUT2D eigenvalue weighted by molar-refractivity contribution is 8.00. The van der Waals surface area contributed by atoms with Crippen LogP contribution in [0.25, 0.3) is 16.6 Å². The SMILES string of the molecule is CC(=O)Nc1cccc(-n2cnnc2S[C@H](C)C(=O)Nc2cccc3ncccc23)c1. The van der Waals surface area contributed by atoms with E-state index in [0.717, 1.165) is 16.6 Å². The number of carbonyl (C=O) groups excluding carboxylic acids is 2. The summed E-state index contributed by atoms with van der Waals surface area (Å²) in [4.78, 5) is 28.5. The molecule has 0 aliphatic carbocycles. The topological polar surface area (TPSA) is 102 Å². The number of hydrogen-bond donors (Lipinski definition) is 2. The summed E-state index contributed by atoms with van der Waals surface area (Å²) in [6.07, 6.45) is 3.30. The zero-order valence-electron chi connectivity index (χ0n) is 16.9. The van der Waals surface area contributed by atoms with E-state index in [1.807, 2.05) is 55.5 Å². The molecule has 9 heteroatoms. The first-order valence-corrected chi connectivity index (χ1v) is 10.5. The van der Waals surface area contributed by atoms with E-state index in [1.165, 1.54) is 18.7 Å². The molecule has 4 aromatic rings. The van der Waals surface area contributed by atoms with Gasteiger partial charge in [-0.15, -0.1) is 10.2 Å². The van der Waals surface area contributed by atoms with Crippen molar-refractivity contribution in [2.45, 2.75) is 24.3 Å². The van der Waals surface area contributed by atoms with Gasteiger partial charge in [0.1, 0.15) is 6.33 Å². The Kier molecular flexibility index (Phi) is 5.94. The summed E-state index contributed by atoms with van der Waals surface area (Å²) >= 11 is 1.30. The number of carbonyl (C=O) groups is 2. The Hall–Kier alpha value is -3.72. The quantitative estimate of drug-likeness (QED) is 0.448. The zero-order chi connectivity index (χ0) is 21.8. The second-order valence-electron chi connectivity index (χ2n) is 6.84. The van der Waals surface area contributed by atoms with Gasteiger partial charge in [0.05, 0.1) is 22.1 Å². The molecule has 2 amide bonds. The van der Waals surface area contributed by atoms with Gasteiger partial charge in [-0.2, -0.15) is 0 Å². The van der Waals surface area contributed by atoms with Gasteiger partial charge in [0.2, 0.25) is 11.8 Å². The highest BCUT2D eigenvalue weighted by Crippen LogP contribution is 2.27. The van der Waals surface area contributed by atoms with Crippen LogP contribution in [0.3, 0.4) is 0 Å². The minimum absolute atomic E-state index is 0.149. The number of nitrogens with zero attached hydrogens (tertiary/aromatic N) is 4. The van der Waals surface area contributed by atoms with Gasteiger partial charge in [0, 0.05) is 24.2 Å². The molecular formula is C22H20N6O2S. The normalized spacial score (nSPS) is 11.8. The van der Waals surface area contributed by atoms with Gasteiger partial charge >= 0.3 is 0 Å². The lowest BCUT2D eigenvalue weighted by Crippen LogP contribution is -2.23. The van der Waals surface area contributed by atoms with Gasteiger partial charge in [-0.05, 0) is 49.4 Å². The molecule has 0 saturated heterocycles. The Morgan fingerprint density at radius 2 is 1.90 bits per heavy atom. The number of nitrogens with one attached hydrogen (secondary N) is 2. The van der Waals surface area contributed by atoms with Crippen LogP contribution >= 0.6 is 11.8 Å². The zero-order valence-corrected chi connectivity index (χ0v) is 17.8. The molecular weight excluding hydrogens is 412 g/mol. The van der Waals surface area contributed by atoms with Crippen LogP contribution in [0.15, 0.2) is 72.3 Å². The molecule has 0 unspecified atom stereocenters. The van der Waals surface area contributed by atoms with Crippen LogP contribution in [0.5, 0.6) is 0 Å². The van der Waals surface area contributed by atoms with E-state index < -0.39 is 5.25 Å². The lowest BCUT2D eigenvalue weighted by atomic mass is 10.2. The summed E-state index contributed by atoms with van der Waals surface area (Å²) in [7, 11) is 0. The first-order chi connectivity index (χ1) is 15.0. The Labute approximate surface area is 183 Å². The highest BCUT2D eigenvalue weighted by Gasteiger charge is 2.19. The third-order valence-corrected chi connectivity index (χ3v) is 5.57. The second kappa shape index (κ2) is 8.97. The van der Waals surface area contributed by atoms with Crippen molar-refractivity contribution in [1.29, 1.82) is 0 Å². The molecule has 0 aliphatic heterocycles. The first kappa shape index (κ1) is 20.5. The third kappa shape index (κ3) is 4.72. The molecule has 0 spiro atoms. The van der Waals surface area contributed by atoms with E-state index >= 15 is 0 Å². The molecule has 2 aromatic heterocycles. The van der Waals surface area contributed by atoms with Gasteiger partial charge in [0.25, 0.3) is 0 Å². The summed E-state index contributed by atoms with van der Waals surface area (Å²) in [5.74, 6) is -0.299. The summed E-state index contributed by atoms with van der Waals surface area (Å²) in [6, 6.07) is 16.7. The van der Waals surface area contributed by atoms with Crippen LogP contribution in [0, 0.1) is 0 Å². The number of pyridine rings is 1. The molecule has 2 heterocycles. The summed E-state index contributed by atoms with van der Waals surface area (Å²) < 4.78 is 1.78. The van der Waals surface area contributed by atoms with E-state index in [4.69, 9.17) is 0 Å². The lowest BCUT2D eigenvalue weighted by molar-refractivity contribution is -0.115. The standard InChI is InChI=1S/C22H20N6O2S/c1-14(21(30)26-20-10-4-9-19-18(20)8-5-11-23-19)31-22-27-24-13-28(22)17-7-3-6-16(12-17)25-15(2)29/h3-14H,1-2H3,(H,25,29)(H,26,30)/t14-/m1/s1. The Morgan fingerprint density at radius 1 is 1.06 bits per heavy atom. The number of anilines is 2. The van der Waals surface area contributed by atoms with Gasteiger partial charge in [-0.1, -0.05) is 23.9 Å². The molecule has 8 nitrogen and oxygen atoms in total. The number of benzene rings is 2. The van der Waals surface area contributed by atoms with Crippen LogP contribution < -0.4 is 10.6 Å². The molecule has 2 aromatic carbocycles. The van der Waals surface area contributed by atoms with Crippen LogP contribution in [-0.4, -0.2) is 36.8 Å². The average Bonchev–Trinajstić information content (AvgIpc) is 3.22. The van der Waals surface area contributed by atoms with Crippen molar-refractivity contribution >= 4 is 45.9 Å². The number of rotatable bonds is 6. The monoisotopic (exact) mass is 432 g/mol. The summed E-state index contributed by atoms with van der Waals surface area (Å²) in [6.45, 7) is 3.27. The smallest absolute Gasteiger partial charge is 0.237 e. The molecule has 0 fully saturated rings. The first-order valence-electron chi connectivity index (χ1n) is 9.60. The van der Waals surface area contributed by atoms with E-state index in [-0.39, 0.29) is 11.8 Å². The maximum absolute atomic E-state index is 12.8. The van der Waals surface area contributed by atoms with Crippen molar-refractivity contribution in [3.05, 3.63) is 67.1 Å². The lowest BCUT2D eigenvalue weighted by Gasteiger charge is -2.14. The molecule has 0 radical (unpaired) electrons. The third-order valence-electron chi connectivity index (χ3n) is 4.52. The predicted octanol–water partition coefficient (Wildman–Crippen LogP) is 3.89. The van der Waals surface area contributed by atoms with Crippen molar-refractivity contribution in [1.82, 2.24) is 19.7 Å². The van der Waals surface area contributed by atoms with E-state index in [0.29, 0.717) is 16.5 Å². The number of amides is 2. The minimum Gasteiger partial charge on any atom is -0.326 e. The van der Waals surface area contributed by atoms with Crippen LogP contribution in [0.1, 0.15) is 13.8 Å². The number of fused-ring (bicyclic) bond motifs is 1. The molecule has 31 heavy (non-hydrogen) atoms. The molecule has 156 valence electrons. The molecule has 2 N–H and O–H groups in total.